The number of pyridine rings is 1. The van der Waals surface area contributed by atoms with Crippen molar-refractivity contribution in [1.29, 1.82) is 0 Å². The number of aryl methyl sites for hydroxylation is 1. The van der Waals surface area contributed by atoms with E-state index in [0.717, 1.165) is 39.1 Å². The minimum atomic E-state index is -0.0290. The van der Waals surface area contributed by atoms with Crippen LogP contribution in [-0.2, 0) is 6.42 Å². The lowest BCUT2D eigenvalue weighted by Crippen LogP contribution is -2.06. The molecular formula is C20H20N6O2. The molecule has 0 spiro atoms. The molecule has 0 aliphatic carbocycles. The molecule has 0 saturated heterocycles. The number of aromatic amines is 2. The molecule has 28 heavy (non-hydrogen) atoms. The molecule has 0 fully saturated rings. The van der Waals surface area contributed by atoms with Gasteiger partial charge in [-0.05, 0) is 38.5 Å². The molecule has 0 atom stereocenters. The maximum absolute atomic E-state index is 12.5. The van der Waals surface area contributed by atoms with Gasteiger partial charge in [-0.2, -0.15) is 5.10 Å². The van der Waals surface area contributed by atoms with Gasteiger partial charge in [0, 0.05) is 47.2 Å². The molecule has 0 radical (unpaired) electrons. The zero-order valence-corrected chi connectivity index (χ0v) is 15.9. The van der Waals surface area contributed by atoms with Crippen molar-refractivity contribution in [3.63, 3.8) is 0 Å². The fraction of sp³-hybridized carbons (Fsp3) is 0.250. The van der Waals surface area contributed by atoms with Crippen LogP contribution in [0.2, 0.25) is 0 Å². The van der Waals surface area contributed by atoms with E-state index in [1.54, 1.807) is 18.6 Å². The molecule has 0 aliphatic rings. The second-order valence-electron chi connectivity index (χ2n) is 6.57. The van der Waals surface area contributed by atoms with Gasteiger partial charge in [-0.25, -0.2) is 15.0 Å². The van der Waals surface area contributed by atoms with Gasteiger partial charge < -0.3 is 9.72 Å². The van der Waals surface area contributed by atoms with Crippen molar-refractivity contribution < 1.29 is 9.53 Å². The van der Waals surface area contributed by atoms with Gasteiger partial charge in [-0.1, -0.05) is 0 Å². The van der Waals surface area contributed by atoms with Crippen LogP contribution < -0.4 is 4.74 Å². The summed E-state index contributed by atoms with van der Waals surface area (Å²) in [6, 6.07) is 4.29. The summed E-state index contributed by atoms with van der Waals surface area (Å²) in [4.78, 5) is 28.6. The fourth-order valence-electron chi connectivity index (χ4n) is 3.00. The molecule has 8 nitrogen and oxygen atoms in total. The van der Waals surface area contributed by atoms with Crippen molar-refractivity contribution in [3.8, 4) is 17.3 Å². The SMILES string of the molecule is CCOc1ncc(-c2cc3cc(CC(=O)c4n[nH]c(C)c4C)cnc3[nH]2)cn1. The summed E-state index contributed by atoms with van der Waals surface area (Å²) >= 11 is 0. The van der Waals surface area contributed by atoms with Crippen LogP contribution in [0, 0.1) is 13.8 Å². The quantitative estimate of drug-likeness (QED) is 0.500. The molecule has 0 unspecified atom stereocenters. The largest absolute Gasteiger partial charge is 0.464 e. The van der Waals surface area contributed by atoms with Crippen LogP contribution >= 0.6 is 0 Å². The predicted molar refractivity (Wildman–Crippen MR) is 104 cm³/mol. The summed E-state index contributed by atoms with van der Waals surface area (Å²) in [5.74, 6) is -0.0290. The maximum Gasteiger partial charge on any atom is 0.316 e. The number of fused-ring (bicyclic) bond motifs is 1. The lowest BCUT2D eigenvalue weighted by atomic mass is 10.0. The summed E-state index contributed by atoms with van der Waals surface area (Å²) in [7, 11) is 0. The zero-order chi connectivity index (χ0) is 19.7. The standard InChI is InChI=1S/C20H20N6O2/c1-4-28-20-22-9-15(10-23-20)16-7-14-5-13(8-21-19(14)24-16)6-17(27)18-11(2)12(3)25-26-18/h5,7-10H,4,6H2,1-3H3,(H,21,24)(H,25,26). The number of aromatic nitrogens is 6. The molecule has 4 aromatic rings. The third kappa shape index (κ3) is 3.36. The maximum atomic E-state index is 12.5. The van der Waals surface area contributed by atoms with Crippen LogP contribution in [0.1, 0.15) is 34.2 Å². The van der Waals surface area contributed by atoms with Gasteiger partial charge >= 0.3 is 6.01 Å². The highest BCUT2D eigenvalue weighted by Gasteiger charge is 2.16. The van der Waals surface area contributed by atoms with Crippen molar-refractivity contribution in [1.82, 2.24) is 30.1 Å². The van der Waals surface area contributed by atoms with Gasteiger partial charge in [0.2, 0.25) is 0 Å². The second-order valence-corrected chi connectivity index (χ2v) is 6.57. The van der Waals surface area contributed by atoms with E-state index in [9.17, 15) is 4.79 Å². The van der Waals surface area contributed by atoms with Crippen molar-refractivity contribution in [3.05, 3.63) is 53.2 Å². The van der Waals surface area contributed by atoms with E-state index in [4.69, 9.17) is 4.74 Å². The third-order valence-electron chi connectivity index (χ3n) is 4.62. The van der Waals surface area contributed by atoms with Crippen LogP contribution in [0.25, 0.3) is 22.3 Å². The summed E-state index contributed by atoms with van der Waals surface area (Å²) < 4.78 is 5.27. The second kappa shape index (κ2) is 7.22. The average molecular weight is 376 g/mol. The summed E-state index contributed by atoms with van der Waals surface area (Å²) in [6.07, 6.45) is 5.37. The average Bonchev–Trinajstić information content (AvgIpc) is 3.26. The molecule has 0 aliphatic heterocycles. The summed E-state index contributed by atoms with van der Waals surface area (Å²) in [6.45, 7) is 6.20. The smallest absolute Gasteiger partial charge is 0.316 e. The van der Waals surface area contributed by atoms with Gasteiger partial charge in [-0.15, -0.1) is 0 Å². The molecule has 4 aromatic heterocycles. The molecular weight excluding hydrogens is 356 g/mol. The van der Waals surface area contributed by atoms with Crippen LogP contribution in [-0.4, -0.2) is 42.5 Å². The number of Topliss-reactive ketones (excluding diaryl/α,β-unsaturated/α-hetero) is 1. The van der Waals surface area contributed by atoms with E-state index in [0.29, 0.717) is 18.3 Å². The Morgan fingerprint density at radius 1 is 1.11 bits per heavy atom. The number of hydrogen-bond donors (Lipinski definition) is 2. The number of ether oxygens (including phenoxy) is 1. The first kappa shape index (κ1) is 17.8. The Kier molecular flexibility index (Phi) is 4.60. The number of carbonyl (C=O) groups is 1. The molecule has 4 rings (SSSR count). The van der Waals surface area contributed by atoms with Crippen molar-refractivity contribution in [2.24, 2.45) is 0 Å². The van der Waals surface area contributed by atoms with Crippen LogP contribution in [0.5, 0.6) is 6.01 Å². The van der Waals surface area contributed by atoms with Crippen molar-refractivity contribution in [2.75, 3.05) is 6.61 Å². The zero-order valence-electron chi connectivity index (χ0n) is 15.9. The highest BCUT2D eigenvalue weighted by atomic mass is 16.5. The van der Waals surface area contributed by atoms with Gasteiger partial charge in [-0.3, -0.25) is 9.89 Å². The minimum absolute atomic E-state index is 0.0290. The number of nitrogens with one attached hydrogen (secondary N) is 2. The molecule has 0 bridgehead atoms. The molecule has 0 saturated carbocycles. The number of H-pyrrole nitrogens is 2. The number of hydrogen-bond acceptors (Lipinski definition) is 6. The molecule has 142 valence electrons. The normalized spacial score (nSPS) is 11.1. The predicted octanol–water partition coefficient (Wildman–Crippen LogP) is 3.18. The number of rotatable bonds is 6. The monoisotopic (exact) mass is 376 g/mol. The van der Waals surface area contributed by atoms with E-state index in [-0.39, 0.29) is 12.2 Å². The van der Waals surface area contributed by atoms with Gasteiger partial charge in [0.25, 0.3) is 0 Å². The Hall–Kier alpha value is -3.55. The highest BCUT2D eigenvalue weighted by Crippen LogP contribution is 2.24. The minimum Gasteiger partial charge on any atom is -0.464 e. The van der Waals surface area contributed by atoms with Crippen LogP contribution in [0.15, 0.2) is 30.7 Å². The molecule has 0 aromatic carbocycles. The Morgan fingerprint density at radius 2 is 1.89 bits per heavy atom. The Balaban J connectivity index is 1.57. The van der Waals surface area contributed by atoms with E-state index in [1.165, 1.54) is 0 Å². The Bertz CT molecular complexity index is 1140. The van der Waals surface area contributed by atoms with Crippen LogP contribution in [0.4, 0.5) is 0 Å². The first-order valence-electron chi connectivity index (χ1n) is 9.02. The lowest BCUT2D eigenvalue weighted by molar-refractivity contribution is 0.0987. The Labute approximate surface area is 161 Å². The topological polar surface area (TPSA) is 109 Å². The van der Waals surface area contributed by atoms with Crippen molar-refractivity contribution >= 4 is 16.8 Å². The van der Waals surface area contributed by atoms with Crippen LogP contribution in [0.3, 0.4) is 0 Å². The number of carbonyl (C=O) groups excluding carboxylic acids is 1. The summed E-state index contributed by atoms with van der Waals surface area (Å²) in [5, 5.41) is 7.89. The highest BCUT2D eigenvalue weighted by molar-refractivity contribution is 5.97. The molecule has 2 N–H and O–H groups in total. The molecule has 4 heterocycles. The number of ketones is 1. The van der Waals surface area contributed by atoms with Gasteiger partial charge in [0.1, 0.15) is 11.3 Å². The third-order valence-corrected chi connectivity index (χ3v) is 4.62. The first-order valence-corrected chi connectivity index (χ1v) is 9.02. The van der Waals surface area contributed by atoms with Gasteiger partial charge in [0.05, 0.1) is 12.3 Å². The van der Waals surface area contributed by atoms with E-state index >= 15 is 0 Å². The van der Waals surface area contributed by atoms with E-state index < -0.39 is 0 Å². The van der Waals surface area contributed by atoms with Crippen molar-refractivity contribution in [2.45, 2.75) is 27.2 Å². The molecule has 8 heteroatoms. The van der Waals surface area contributed by atoms with Gasteiger partial charge in [0.15, 0.2) is 5.78 Å². The lowest BCUT2D eigenvalue weighted by Gasteiger charge is -2.00. The fourth-order valence-corrected chi connectivity index (χ4v) is 3.00. The number of nitrogens with zero attached hydrogens (tertiary/aromatic N) is 4. The van der Waals surface area contributed by atoms with E-state index in [2.05, 4.69) is 30.1 Å². The molecule has 0 amide bonds. The summed E-state index contributed by atoms with van der Waals surface area (Å²) in [5.41, 5.74) is 5.55. The Morgan fingerprint density at radius 3 is 2.57 bits per heavy atom. The van der Waals surface area contributed by atoms with E-state index in [1.807, 2.05) is 32.9 Å². The first-order chi connectivity index (χ1) is 13.5.